The van der Waals surface area contributed by atoms with Gasteiger partial charge in [0.1, 0.15) is 5.75 Å². The van der Waals surface area contributed by atoms with Crippen molar-refractivity contribution in [1.82, 2.24) is 4.57 Å². The average Bonchev–Trinajstić information content (AvgIpc) is 2.51. The Morgan fingerprint density at radius 1 is 1.19 bits per heavy atom. The van der Waals surface area contributed by atoms with E-state index in [9.17, 15) is 14.9 Å². The second-order valence-electron chi connectivity index (χ2n) is 4.70. The van der Waals surface area contributed by atoms with Crippen molar-refractivity contribution in [3.63, 3.8) is 0 Å². The third kappa shape index (κ3) is 1.84. The van der Waals surface area contributed by atoms with E-state index in [0.29, 0.717) is 22.0 Å². The van der Waals surface area contributed by atoms with Crippen LogP contribution in [0.4, 0.5) is 5.69 Å². The van der Waals surface area contributed by atoms with Gasteiger partial charge in [0.2, 0.25) is 5.43 Å². The van der Waals surface area contributed by atoms with Crippen LogP contribution in [0.25, 0.3) is 21.8 Å². The van der Waals surface area contributed by atoms with Crippen LogP contribution in [0.2, 0.25) is 0 Å². The van der Waals surface area contributed by atoms with Gasteiger partial charge in [-0.05, 0) is 18.2 Å². The Balaban J connectivity index is 2.57. The Hall–Kier alpha value is -2.89. The number of nitro groups is 1. The molecule has 0 N–H and O–H groups in total. The number of benzene rings is 2. The van der Waals surface area contributed by atoms with Crippen molar-refractivity contribution in [2.75, 3.05) is 7.11 Å². The fourth-order valence-electron chi connectivity index (χ4n) is 2.57. The van der Waals surface area contributed by atoms with E-state index in [-0.39, 0.29) is 11.1 Å². The van der Waals surface area contributed by atoms with Gasteiger partial charge in [0, 0.05) is 19.2 Å². The summed E-state index contributed by atoms with van der Waals surface area (Å²) >= 11 is 0. The second-order valence-corrected chi connectivity index (χ2v) is 4.70. The van der Waals surface area contributed by atoms with Gasteiger partial charge in [-0.2, -0.15) is 0 Å². The molecular formula is C15H12N2O4. The van der Waals surface area contributed by atoms with Crippen LogP contribution < -0.4 is 10.2 Å². The standard InChI is InChI=1S/C15H12N2O4/c1-16-11-7-6-9(17(19)20)8-10(11)15(18)14-12(16)4-3-5-13(14)21-2/h3-8H,1-2H3. The minimum Gasteiger partial charge on any atom is -0.496 e. The maximum absolute atomic E-state index is 12.7. The summed E-state index contributed by atoms with van der Waals surface area (Å²) in [4.78, 5) is 23.1. The molecule has 0 spiro atoms. The number of fused-ring (bicyclic) bond motifs is 2. The van der Waals surface area contributed by atoms with E-state index in [0.717, 1.165) is 5.52 Å². The van der Waals surface area contributed by atoms with Crippen LogP contribution in [-0.4, -0.2) is 16.6 Å². The Kier molecular flexibility index (Phi) is 2.86. The molecule has 0 aliphatic heterocycles. The Morgan fingerprint density at radius 2 is 1.95 bits per heavy atom. The largest absolute Gasteiger partial charge is 0.496 e. The lowest BCUT2D eigenvalue weighted by Gasteiger charge is -2.12. The second kappa shape index (κ2) is 4.59. The number of pyridine rings is 1. The molecule has 1 heterocycles. The number of methoxy groups -OCH3 is 1. The highest BCUT2D eigenvalue weighted by Gasteiger charge is 2.15. The van der Waals surface area contributed by atoms with Crippen LogP contribution in [0.3, 0.4) is 0 Å². The molecule has 0 unspecified atom stereocenters. The van der Waals surface area contributed by atoms with E-state index in [1.54, 1.807) is 18.2 Å². The van der Waals surface area contributed by atoms with Crippen molar-refractivity contribution in [3.05, 3.63) is 56.7 Å². The Bertz CT molecular complexity index is 944. The normalized spacial score (nSPS) is 11.0. The van der Waals surface area contributed by atoms with Crippen molar-refractivity contribution in [1.29, 1.82) is 0 Å². The van der Waals surface area contributed by atoms with Crippen LogP contribution in [-0.2, 0) is 7.05 Å². The van der Waals surface area contributed by atoms with Crippen LogP contribution in [0.5, 0.6) is 5.75 Å². The molecule has 106 valence electrons. The van der Waals surface area contributed by atoms with Gasteiger partial charge in [-0.25, -0.2) is 0 Å². The first-order chi connectivity index (χ1) is 10.0. The zero-order valence-corrected chi connectivity index (χ0v) is 11.5. The number of rotatable bonds is 2. The van der Waals surface area contributed by atoms with Crippen LogP contribution in [0, 0.1) is 10.1 Å². The molecule has 0 aliphatic carbocycles. The van der Waals surface area contributed by atoms with E-state index in [4.69, 9.17) is 4.74 Å². The minimum atomic E-state index is -0.509. The summed E-state index contributed by atoms with van der Waals surface area (Å²) in [5.74, 6) is 0.460. The SMILES string of the molecule is COc1cccc2c1c(=O)c1cc([N+](=O)[O-])ccc1n2C. The molecule has 0 radical (unpaired) electrons. The summed E-state index contributed by atoms with van der Waals surface area (Å²) < 4.78 is 7.07. The maximum atomic E-state index is 12.7. The van der Waals surface area contributed by atoms with E-state index in [1.165, 1.54) is 19.2 Å². The zero-order chi connectivity index (χ0) is 15.1. The monoisotopic (exact) mass is 284 g/mol. The summed E-state index contributed by atoms with van der Waals surface area (Å²) in [5.41, 5.74) is 1.00. The van der Waals surface area contributed by atoms with Crippen LogP contribution in [0.15, 0.2) is 41.2 Å². The molecule has 1 aromatic heterocycles. The third-order valence-electron chi connectivity index (χ3n) is 3.61. The lowest BCUT2D eigenvalue weighted by atomic mass is 10.1. The number of nitrogens with zero attached hydrogens (tertiary/aromatic N) is 2. The molecule has 0 atom stereocenters. The Morgan fingerprint density at radius 3 is 2.62 bits per heavy atom. The molecule has 0 amide bonds. The molecular weight excluding hydrogens is 272 g/mol. The van der Waals surface area contributed by atoms with Crippen molar-refractivity contribution in [2.24, 2.45) is 7.05 Å². The predicted molar refractivity (Wildman–Crippen MR) is 79.9 cm³/mol. The molecule has 0 bridgehead atoms. The van der Waals surface area contributed by atoms with Gasteiger partial charge in [-0.15, -0.1) is 0 Å². The highest BCUT2D eigenvalue weighted by Crippen LogP contribution is 2.27. The van der Waals surface area contributed by atoms with Crippen molar-refractivity contribution in [2.45, 2.75) is 0 Å². The maximum Gasteiger partial charge on any atom is 0.270 e. The minimum absolute atomic E-state index is 0.103. The van der Waals surface area contributed by atoms with E-state index in [1.807, 2.05) is 17.7 Å². The summed E-state index contributed by atoms with van der Waals surface area (Å²) in [7, 11) is 3.31. The first-order valence-corrected chi connectivity index (χ1v) is 6.28. The van der Waals surface area contributed by atoms with Gasteiger partial charge in [-0.3, -0.25) is 14.9 Å². The fraction of sp³-hybridized carbons (Fsp3) is 0.133. The smallest absolute Gasteiger partial charge is 0.270 e. The Labute approximate surface area is 119 Å². The molecule has 0 saturated heterocycles. The molecule has 21 heavy (non-hydrogen) atoms. The lowest BCUT2D eigenvalue weighted by molar-refractivity contribution is -0.384. The van der Waals surface area contributed by atoms with Crippen molar-refractivity contribution < 1.29 is 9.66 Å². The number of aryl methyl sites for hydroxylation is 1. The van der Waals surface area contributed by atoms with Crippen LogP contribution in [0.1, 0.15) is 0 Å². The van der Waals surface area contributed by atoms with Crippen molar-refractivity contribution >= 4 is 27.5 Å². The lowest BCUT2D eigenvalue weighted by Crippen LogP contribution is -2.10. The number of non-ortho nitro benzene ring substituents is 1. The van der Waals surface area contributed by atoms with Crippen LogP contribution >= 0.6 is 0 Å². The van der Waals surface area contributed by atoms with Gasteiger partial charge in [0.25, 0.3) is 5.69 Å². The zero-order valence-electron chi connectivity index (χ0n) is 11.5. The van der Waals surface area contributed by atoms with Gasteiger partial charge in [0.05, 0.1) is 33.8 Å². The van der Waals surface area contributed by atoms with Gasteiger partial charge >= 0.3 is 0 Å². The quantitative estimate of drug-likeness (QED) is 0.412. The van der Waals surface area contributed by atoms with Gasteiger partial charge < -0.3 is 9.30 Å². The molecule has 6 heteroatoms. The third-order valence-corrected chi connectivity index (χ3v) is 3.61. The molecule has 0 fully saturated rings. The first kappa shape index (κ1) is 13.1. The van der Waals surface area contributed by atoms with Crippen molar-refractivity contribution in [3.8, 4) is 5.75 Å². The van der Waals surface area contributed by atoms with Gasteiger partial charge in [-0.1, -0.05) is 6.07 Å². The summed E-state index contributed by atoms with van der Waals surface area (Å²) in [5, 5.41) is 11.6. The molecule has 3 aromatic rings. The summed E-state index contributed by atoms with van der Waals surface area (Å²) in [6.45, 7) is 0. The average molecular weight is 284 g/mol. The highest BCUT2D eigenvalue weighted by molar-refractivity contribution is 5.97. The van der Waals surface area contributed by atoms with E-state index >= 15 is 0 Å². The molecule has 0 aliphatic rings. The van der Waals surface area contributed by atoms with E-state index < -0.39 is 4.92 Å². The molecule has 2 aromatic carbocycles. The number of nitro benzene ring substituents is 1. The van der Waals surface area contributed by atoms with Gasteiger partial charge in [0.15, 0.2) is 0 Å². The highest BCUT2D eigenvalue weighted by atomic mass is 16.6. The van der Waals surface area contributed by atoms with E-state index in [2.05, 4.69) is 0 Å². The first-order valence-electron chi connectivity index (χ1n) is 6.28. The fourth-order valence-corrected chi connectivity index (χ4v) is 2.57. The topological polar surface area (TPSA) is 74.4 Å². The number of hydrogen-bond donors (Lipinski definition) is 0. The number of aromatic nitrogens is 1. The molecule has 0 saturated carbocycles. The predicted octanol–water partition coefficient (Wildman–Crippen LogP) is 2.61. The number of hydrogen-bond acceptors (Lipinski definition) is 4. The number of ether oxygens (including phenoxy) is 1. The summed E-state index contributed by atoms with van der Waals surface area (Å²) in [6, 6.07) is 9.62. The molecule has 3 rings (SSSR count). The molecule has 6 nitrogen and oxygen atoms in total. The summed E-state index contributed by atoms with van der Waals surface area (Å²) in [6.07, 6.45) is 0.